The van der Waals surface area contributed by atoms with Crippen LogP contribution in [0.15, 0.2) is 71.3 Å². The summed E-state index contributed by atoms with van der Waals surface area (Å²) in [6.07, 6.45) is 4.45. The van der Waals surface area contributed by atoms with Crippen LogP contribution in [-0.2, 0) is 25.7 Å². The Kier molecular flexibility index (Phi) is 7.23. The Labute approximate surface area is 265 Å². The summed E-state index contributed by atoms with van der Waals surface area (Å²) in [5.41, 5.74) is 3.79. The molecule has 7 nitrogen and oxygen atoms in total. The quantitative estimate of drug-likeness (QED) is 0.364. The number of ketones is 2. The first-order valence-corrected chi connectivity index (χ1v) is 16.4. The number of piperidine rings is 1. The number of carbonyl (C=O) groups is 4. The molecule has 0 radical (unpaired) electrons. The molecule has 1 saturated carbocycles. The summed E-state index contributed by atoms with van der Waals surface area (Å²) in [6.45, 7) is 9.73. The third kappa shape index (κ3) is 4.49. The minimum absolute atomic E-state index is 0.0282. The SMILES string of the molecule is CC1=C(C)C(=O)[C@@]2(C)[C@@H](c3ccc(O)c(C)c3)C3=CC[C@@H]4C(=O)N(C5CCN(Cc6ccccc6)CC5)C(=O)[C@@H]4[C@@H]3C[C@H]2C1=O. The van der Waals surface area contributed by atoms with Gasteiger partial charge in [0, 0.05) is 37.5 Å². The molecular formula is C38H42N2O5. The minimum Gasteiger partial charge on any atom is -0.508 e. The Morgan fingerprint density at radius 2 is 1.60 bits per heavy atom. The van der Waals surface area contributed by atoms with Crippen molar-refractivity contribution in [2.24, 2.45) is 29.1 Å². The predicted octanol–water partition coefficient (Wildman–Crippen LogP) is 5.51. The van der Waals surface area contributed by atoms with E-state index in [4.69, 9.17) is 0 Å². The van der Waals surface area contributed by atoms with Gasteiger partial charge in [0.05, 0.1) is 17.3 Å². The van der Waals surface area contributed by atoms with Crippen LogP contribution in [0.2, 0.25) is 0 Å². The summed E-state index contributed by atoms with van der Waals surface area (Å²) in [6, 6.07) is 15.6. The lowest BCUT2D eigenvalue weighted by molar-refractivity contribution is -0.145. The van der Waals surface area contributed by atoms with Gasteiger partial charge in [-0.25, -0.2) is 0 Å². The van der Waals surface area contributed by atoms with Gasteiger partial charge in [-0.3, -0.25) is 29.0 Å². The monoisotopic (exact) mass is 606 g/mol. The van der Waals surface area contributed by atoms with Gasteiger partial charge in [-0.05, 0) is 86.3 Å². The molecular weight excluding hydrogens is 564 g/mol. The number of hydrogen-bond acceptors (Lipinski definition) is 6. The molecule has 2 amide bonds. The molecule has 2 aromatic rings. The third-order valence-corrected chi connectivity index (χ3v) is 11.9. The minimum atomic E-state index is -1.02. The summed E-state index contributed by atoms with van der Waals surface area (Å²) in [4.78, 5) is 60.5. The molecule has 45 heavy (non-hydrogen) atoms. The number of hydrogen-bond donors (Lipinski definition) is 1. The van der Waals surface area contributed by atoms with E-state index in [-0.39, 0.29) is 41.1 Å². The van der Waals surface area contributed by atoms with Gasteiger partial charge in [0.1, 0.15) is 5.75 Å². The van der Waals surface area contributed by atoms with Crippen LogP contribution in [0.25, 0.3) is 0 Å². The number of aryl methyl sites for hydroxylation is 1. The molecule has 2 aromatic carbocycles. The molecule has 2 aliphatic heterocycles. The van der Waals surface area contributed by atoms with E-state index < -0.39 is 29.1 Å². The van der Waals surface area contributed by atoms with Crippen molar-refractivity contribution in [3.05, 3.63) is 88.0 Å². The van der Waals surface area contributed by atoms with E-state index in [1.54, 1.807) is 24.8 Å². The molecule has 1 N–H and O–H groups in total. The van der Waals surface area contributed by atoms with E-state index in [1.807, 2.05) is 44.2 Å². The number of nitrogens with zero attached hydrogens (tertiary/aromatic N) is 2. The lowest BCUT2D eigenvalue weighted by atomic mass is 9.46. The lowest BCUT2D eigenvalue weighted by Gasteiger charge is -2.54. The fraction of sp³-hybridized carbons (Fsp3) is 0.474. The highest BCUT2D eigenvalue weighted by atomic mass is 16.3. The zero-order chi connectivity index (χ0) is 31.8. The number of benzene rings is 2. The van der Waals surface area contributed by atoms with Crippen LogP contribution in [0.5, 0.6) is 5.75 Å². The van der Waals surface area contributed by atoms with Crippen molar-refractivity contribution in [2.45, 2.75) is 71.9 Å². The van der Waals surface area contributed by atoms with Crippen LogP contribution in [-0.4, -0.2) is 57.4 Å². The second-order valence-corrected chi connectivity index (χ2v) is 14.2. The number of aromatic hydroxyl groups is 1. The molecule has 234 valence electrons. The normalized spacial score (nSPS) is 32.4. The van der Waals surface area contributed by atoms with Crippen LogP contribution in [0.3, 0.4) is 0 Å². The molecule has 6 atom stereocenters. The highest BCUT2D eigenvalue weighted by Gasteiger charge is 2.64. The highest BCUT2D eigenvalue weighted by molar-refractivity contribution is 6.16. The van der Waals surface area contributed by atoms with E-state index in [9.17, 15) is 24.3 Å². The lowest BCUT2D eigenvalue weighted by Crippen LogP contribution is -2.55. The summed E-state index contributed by atoms with van der Waals surface area (Å²) >= 11 is 0. The van der Waals surface area contributed by atoms with Crippen molar-refractivity contribution in [1.29, 1.82) is 0 Å². The van der Waals surface area contributed by atoms with Gasteiger partial charge in [-0.1, -0.05) is 61.0 Å². The zero-order valence-electron chi connectivity index (χ0n) is 26.6. The first-order chi connectivity index (χ1) is 21.5. The number of phenolic OH excluding ortho intramolecular Hbond substituents is 1. The smallest absolute Gasteiger partial charge is 0.233 e. The van der Waals surface area contributed by atoms with Crippen LogP contribution >= 0.6 is 0 Å². The predicted molar refractivity (Wildman–Crippen MR) is 170 cm³/mol. The van der Waals surface area contributed by atoms with Crippen molar-refractivity contribution < 1.29 is 24.3 Å². The van der Waals surface area contributed by atoms with Gasteiger partial charge in [0.15, 0.2) is 11.6 Å². The number of allylic oxidation sites excluding steroid dienone is 4. The van der Waals surface area contributed by atoms with E-state index in [1.165, 1.54) is 5.56 Å². The van der Waals surface area contributed by atoms with E-state index in [2.05, 4.69) is 23.1 Å². The van der Waals surface area contributed by atoms with Gasteiger partial charge in [0.2, 0.25) is 11.8 Å². The standard InChI is InChI=1S/C38H42N2O5/c1-21-18-25(10-13-31(21)41)33-27-11-12-28-32(29(27)19-30-34(42)22(2)23(3)35(43)38(30,33)4)37(45)40(36(28)44)26-14-16-39(17-15-26)20-24-8-6-5-7-9-24/h5-11,13,18,26,28-30,32-33,41H,12,14-17,19-20H2,1-4H3/t28-,29+,30-,32-,33-,38+/m0/s1. The number of rotatable bonds is 4. The number of amides is 2. The largest absolute Gasteiger partial charge is 0.508 e. The first kappa shape index (κ1) is 29.8. The van der Waals surface area contributed by atoms with Gasteiger partial charge in [0.25, 0.3) is 0 Å². The van der Waals surface area contributed by atoms with Crippen molar-refractivity contribution in [1.82, 2.24) is 9.80 Å². The average molecular weight is 607 g/mol. The summed E-state index contributed by atoms with van der Waals surface area (Å²) in [5.74, 6) is -2.36. The molecule has 2 saturated heterocycles. The van der Waals surface area contributed by atoms with Gasteiger partial charge >= 0.3 is 0 Å². The van der Waals surface area contributed by atoms with E-state index in [0.29, 0.717) is 29.6 Å². The van der Waals surface area contributed by atoms with Crippen LogP contribution in [0.1, 0.15) is 69.1 Å². The molecule has 7 heteroatoms. The third-order valence-electron chi connectivity index (χ3n) is 11.9. The number of likely N-dealkylation sites (tertiary alicyclic amines) is 2. The van der Waals surface area contributed by atoms with Crippen LogP contribution in [0.4, 0.5) is 0 Å². The average Bonchev–Trinajstić information content (AvgIpc) is 3.30. The number of fused-ring (bicyclic) bond motifs is 4. The second kappa shape index (κ2) is 10.9. The molecule has 0 spiro atoms. The molecule has 0 bridgehead atoms. The molecule has 0 unspecified atom stereocenters. The molecule has 0 aromatic heterocycles. The molecule has 7 rings (SSSR count). The van der Waals surface area contributed by atoms with Crippen molar-refractivity contribution >= 4 is 23.4 Å². The topological polar surface area (TPSA) is 95.0 Å². The van der Waals surface area contributed by atoms with Crippen molar-refractivity contribution in [2.75, 3.05) is 13.1 Å². The number of phenols is 1. The molecule has 3 aliphatic carbocycles. The van der Waals surface area contributed by atoms with Crippen molar-refractivity contribution in [3.63, 3.8) is 0 Å². The Balaban J connectivity index is 1.21. The summed E-state index contributed by atoms with van der Waals surface area (Å²) < 4.78 is 0. The maximum Gasteiger partial charge on any atom is 0.233 e. The fourth-order valence-corrected chi connectivity index (χ4v) is 9.38. The van der Waals surface area contributed by atoms with Gasteiger partial charge in [-0.2, -0.15) is 0 Å². The Hall–Kier alpha value is -3.84. The Bertz CT molecular complexity index is 1670. The number of imide groups is 1. The van der Waals surface area contributed by atoms with Gasteiger partial charge in [-0.15, -0.1) is 0 Å². The Morgan fingerprint density at radius 3 is 2.29 bits per heavy atom. The van der Waals surface area contributed by atoms with E-state index in [0.717, 1.165) is 43.6 Å². The molecule has 5 aliphatic rings. The van der Waals surface area contributed by atoms with Crippen LogP contribution in [0, 0.1) is 36.0 Å². The number of carbonyl (C=O) groups excluding carboxylic acids is 4. The first-order valence-electron chi connectivity index (χ1n) is 16.4. The van der Waals surface area contributed by atoms with Crippen molar-refractivity contribution in [3.8, 4) is 5.75 Å². The number of Topliss-reactive ketones (excluding diaryl/α,β-unsaturated/α-hetero) is 2. The molecule has 3 fully saturated rings. The molecule has 2 heterocycles. The zero-order valence-corrected chi connectivity index (χ0v) is 26.6. The highest BCUT2D eigenvalue weighted by Crippen LogP contribution is 2.63. The Morgan fingerprint density at radius 1 is 0.889 bits per heavy atom. The summed E-state index contributed by atoms with van der Waals surface area (Å²) in [7, 11) is 0. The maximum atomic E-state index is 14.4. The van der Waals surface area contributed by atoms with Gasteiger partial charge < -0.3 is 5.11 Å². The fourth-order valence-electron chi connectivity index (χ4n) is 9.38. The summed E-state index contributed by atoms with van der Waals surface area (Å²) in [5, 5.41) is 10.3. The maximum absolute atomic E-state index is 14.4. The van der Waals surface area contributed by atoms with Crippen LogP contribution < -0.4 is 0 Å². The van der Waals surface area contributed by atoms with E-state index >= 15 is 0 Å². The second-order valence-electron chi connectivity index (χ2n) is 14.2.